The first-order chi connectivity index (χ1) is 10.3. The molecule has 0 amide bonds. The van der Waals surface area contributed by atoms with E-state index < -0.39 is 0 Å². The largest absolute Gasteiger partial charge is 0.344 e. The maximum atomic E-state index is 13.0. The third-order valence-corrected chi connectivity index (χ3v) is 5.40. The summed E-state index contributed by atoms with van der Waals surface area (Å²) in [7, 11) is 0. The SMILES string of the molecule is Fc1ccc(-c2nnc(N3CCN4CCC[C@@H]4C3)s2)cc1. The Morgan fingerprint density at radius 3 is 2.81 bits per heavy atom. The van der Waals surface area contributed by atoms with Crippen LogP contribution in [0.15, 0.2) is 24.3 Å². The molecule has 0 unspecified atom stereocenters. The zero-order chi connectivity index (χ0) is 14.2. The van der Waals surface area contributed by atoms with Crippen molar-refractivity contribution >= 4 is 16.5 Å². The van der Waals surface area contributed by atoms with Crippen molar-refractivity contribution in [2.24, 2.45) is 0 Å². The third-order valence-electron chi connectivity index (χ3n) is 4.36. The number of nitrogens with zero attached hydrogens (tertiary/aromatic N) is 4. The molecule has 21 heavy (non-hydrogen) atoms. The number of piperazine rings is 1. The number of benzene rings is 1. The van der Waals surface area contributed by atoms with E-state index in [1.54, 1.807) is 23.5 Å². The molecular weight excluding hydrogens is 287 g/mol. The molecule has 1 aromatic heterocycles. The maximum absolute atomic E-state index is 13.0. The van der Waals surface area contributed by atoms with E-state index in [2.05, 4.69) is 20.0 Å². The van der Waals surface area contributed by atoms with Crippen molar-refractivity contribution in [2.75, 3.05) is 31.1 Å². The lowest BCUT2D eigenvalue weighted by atomic mass is 10.2. The van der Waals surface area contributed by atoms with Crippen LogP contribution in [-0.2, 0) is 0 Å². The van der Waals surface area contributed by atoms with E-state index in [-0.39, 0.29) is 5.82 Å². The van der Waals surface area contributed by atoms with Crippen LogP contribution in [0.5, 0.6) is 0 Å². The average molecular weight is 304 g/mol. The number of hydrogen-bond acceptors (Lipinski definition) is 5. The molecule has 0 radical (unpaired) electrons. The van der Waals surface area contributed by atoms with Crippen LogP contribution in [0.25, 0.3) is 10.6 Å². The molecule has 2 aromatic rings. The van der Waals surface area contributed by atoms with Gasteiger partial charge in [-0.15, -0.1) is 10.2 Å². The third kappa shape index (κ3) is 2.53. The fourth-order valence-corrected chi connectivity index (χ4v) is 4.10. The zero-order valence-electron chi connectivity index (χ0n) is 11.7. The molecule has 6 heteroatoms. The molecule has 4 nitrogen and oxygen atoms in total. The first-order valence-corrected chi connectivity index (χ1v) is 8.20. The van der Waals surface area contributed by atoms with E-state index in [1.165, 1.54) is 31.5 Å². The molecule has 0 saturated carbocycles. The predicted octanol–water partition coefficient (Wildman–Crippen LogP) is 2.63. The summed E-state index contributed by atoms with van der Waals surface area (Å²) >= 11 is 1.60. The molecule has 0 spiro atoms. The van der Waals surface area contributed by atoms with Crippen molar-refractivity contribution in [2.45, 2.75) is 18.9 Å². The normalized spacial score (nSPS) is 22.5. The van der Waals surface area contributed by atoms with Gasteiger partial charge in [0.2, 0.25) is 5.13 Å². The summed E-state index contributed by atoms with van der Waals surface area (Å²) in [6, 6.07) is 7.13. The number of aromatic nitrogens is 2. The molecule has 2 fully saturated rings. The molecule has 2 aliphatic rings. The molecule has 2 saturated heterocycles. The van der Waals surface area contributed by atoms with Crippen LogP contribution in [0.4, 0.5) is 9.52 Å². The van der Waals surface area contributed by atoms with Gasteiger partial charge in [0, 0.05) is 31.2 Å². The Kier molecular flexibility index (Phi) is 3.35. The van der Waals surface area contributed by atoms with E-state index in [4.69, 9.17) is 0 Å². The molecule has 0 N–H and O–H groups in total. The molecule has 0 aliphatic carbocycles. The summed E-state index contributed by atoms with van der Waals surface area (Å²) in [5.74, 6) is -0.221. The Balaban J connectivity index is 1.53. The first kappa shape index (κ1) is 13.2. The average Bonchev–Trinajstić information content (AvgIpc) is 3.16. The van der Waals surface area contributed by atoms with Gasteiger partial charge in [-0.2, -0.15) is 0 Å². The summed E-state index contributed by atoms with van der Waals surface area (Å²) in [5.41, 5.74) is 0.930. The number of hydrogen-bond donors (Lipinski definition) is 0. The first-order valence-electron chi connectivity index (χ1n) is 7.38. The highest BCUT2D eigenvalue weighted by Gasteiger charge is 2.31. The van der Waals surface area contributed by atoms with Crippen LogP contribution in [0.3, 0.4) is 0 Å². The Morgan fingerprint density at radius 2 is 1.95 bits per heavy atom. The second-order valence-electron chi connectivity index (χ2n) is 5.67. The fraction of sp³-hybridized carbons (Fsp3) is 0.467. The second-order valence-corrected chi connectivity index (χ2v) is 6.63. The minimum atomic E-state index is -0.221. The van der Waals surface area contributed by atoms with Crippen LogP contribution in [0.2, 0.25) is 0 Å². The van der Waals surface area contributed by atoms with Crippen LogP contribution in [0.1, 0.15) is 12.8 Å². The number of fused-ring (bicyclic) bond motifs is 1. The van der Waals surface area contributed by atoms with Crippen LogP contribution in [0, 0.1) is 5.82 Å². The van der Waals surface area contributed by atoms with Gasteiger partial charge >= 0.3 is 0 Å². The summed E-state index contributed by atoms with van der Waals surface area (Å²) in [6.45, 7) is 4.44. The molecule has 1 aromatic carbocycles. The van der Waals surface area contributed by atoms with Crippen molar-refractivity contribution < 1.29 is 4.39 Å². The van der Waals surface area contributed by atoms with E-state index >= 15 is 0 Å². The monoisotopic (exact) mass is 304 g/mol. The van der Waals surface area contributed by atoms with Crippen molar-refractivity contribution in [3.8, 4) is 10.6 Å². The van der Waals surface area contributed by atoms with Crippen molar-refractivity contribution in [3.63, 3.8) is 0 Å². The quantitative estimate of drug-likeness (QED) is 0.854. The van der Waals surface area contributed by atoms with Crippen LogP contribution in [-0.4, -0.2) is 47.3 Å². The second kappa shape index (κ2) is 5.35. The molecule has 2 aliphatic heterocycles. The highest BCUT2D eigenvalue weighted by atomic mass is 32.1. The lowest BCUT2D eigenvalue weighted by molar-refractivity contribution is 0.231. The van der Waals surface area contributed by atoms with Gasteiger partial charge in [-0.25, -0.2) is 4.39 Å². The van der Waals surface area contributed by atoms with Crippen molar-refractivity contribution in [1.29, 1.82) is 0 Å². The Bertz CT molecular complexity index is 627. The van der Waals surface area contributed by atoms with Gasteiger partial charge in [0.05, 0.1) is 0 Å². The fourth-order valence-electron chi connectivity index (χ4n) is 3.22. The molecular formula is C15H17FN4S. The summed E-state index contributed by atoms with van der Waals surface area (Å²) in [4.78, 5) is 4.93. The minimum Gasteiger partial charge on any atom is -0.344 e. The van der Waals surface area contributed by atoms with Crippen LogP contribution >= 0.6 is 11.3 Å². The molecule has 4 rings (SSSR count). The van der Waals surface area contributed by atoms with Crippen molar-refractivity contribution in [1.82, 2.24) is 15.1 Å². The lowest BCUT2D eigenvalue weighted by Crippen LogP contribution is -2.50. The van der Waals surface area contributed by atoms with Gasteiger partial charge in [0.1, 0.15) is 10.8 Å². The van der Waals surface area contributed by atoms with E-state index in [0.29, 0.717) is 6.04 Å². The molecule has 0 bridgehead atoms. The molecule has 110 valence electrons. The van der Waals surface area contributed by atoms with Crippen molar-refractivity contribution in [3.05, 3.63) is 30.1 Å². The summed E-state index contributed by atoms with van der Waals surface area (Å²) < 4.78 is 13.0. The van der Waals surface area contributed by atoms with Crippen LogP contribution < -0.4 is 4.90 Å². The summed E-state index contributed by atoms with van der Waals surface area (Å²) in [5, 5.41) is 10.4. The van der Waals surface area contributed by atoms with Gasteiger partial charge in [-0.1, -0.05) is 11.3 Å². The highest BCUT2D eigenvalue weighted by molar-refractivity contribution is 7.18. The van der Waals surface area contributed by atoms with Gasteiger partial charge < -0.3 is 4.90 Å². The lowest BCUT2D eigenvalue weighted by Gasteiger charge is -2.37. The highest BCUT2D eigenvalue weighted by Crippen LogP contribution is 2.31. The van der Waals surface area contributed by atoms with Gasteiger partial charge in [-0.05, 0) is 43.7 Å². The number of anilines is 1. The standard InChI is InChI=1S/C15H17FN4S/c16-12-5-3-11(4-6-12)14-17-18-15(21-14)20-9-8-19-7-1-2-13(19)10-20/h3-6,13H,1-2,7-10H2/t13-/m1/s1. The van der Waals surface area contributed by atoms with E-state index in [0.717, 1.165) is 35.3 Å². The predicted molar refractivity (Wildman–Crippen MR) is 82.1 cm³/mol. The van der Waals surface area contributed by atoms with Gasteiger partial charge in [-0.3, -0.25) is 4.90 Å². The Labute approximate surface area is 127 Å². The zero-order valence-corrected chi connectivity index (χ0v) is 12.5. The van der Waals surface area contributed by atoms with E-state index in [9.17, 15) is 4.39 Å². The van der Waals surface area contributed by atoms with Gasteiger partial charge in [0.15, 0.2) is 0 Å². The number of halogens is 1. The topological polar surface area (TPSA) is 32.3 Å². The maximum Gasteiger partial charge on any atom is 0.208 e. The Morgan fingerprint density at radius 1 is 1.10 bits per heavy atom. The Hall–Kier alpha value is -1.53. The smallest absolute Gasteiger partial charge is 0.208 e. The molecule has 3 heterocycles. The molecule has 1 atom stereocenters. The van der Waals surface area contributed by atoms with Gasteiger partial charge in [0.25, 0.3) is 0 Å². The van der Waals surface area contributed by atoms with E-state index in [1.807, 2.05) is 0 Å². The summed E-state index contributed by atoms with van der Waals surface area (Å²) in [6.07, 6.45) is 2.61. The minimum absolute atomic E-state index is 0.221. The number of rotatable bonds is 2.